The van der Waals surface area contributed by atoms with Gasteiger partial charge in [-0.3, -0.25) is 9.59 Å². The Morgan fingerprint density at radius 3 is 2.71 bits per heavy atom. The molecular weight excluding hydrogens is 493 g/mol. The van der Waals surface area contributed by atoms with E-state index in [1.807, 2.05) is 0 Å². The molecule has 5 rings (SSSR count). The van der Waals surface area contributed by atoms with E-state index in [0.717, 1.165) is 0 Å². The number of aromatic nitrogens is 3. The molecule has 9 nitrogen and oxygen atoms in total. The molecule has 1 amide bonds. The summed E-state index contributed by atoms with van der Waals surface area (Å²) < 4.78 is 10.9. The number of anilines is 2. The Morgan fingerprint density at radius 2 is 1.97 bits per heavy atom. The molecule has 1 aromatic carbocycles. The molecule has 0 bridgehead atoms. The van der Waals surface area contributed by atoms with Crippen LogP contribution >= 0.6 is 23.2 Å². The number of aromatic amines is 1. The zero-order valence-corrected chi connectivity index (χ0v) is 20.1. The third-order valence-corrected chi connectivity index (χ3v) is 6.25. The average Bonchev–Trinajstić information content (AvgIpc) is 3.26. The fraction of sp³-hybridized carbons (Fsp3) is 0.167. The van der Waals surface area contributed by atoms with Crippen LogP contribution in [0.25, 0.3) is 11.0 Å². The summed E-state index contributed by atoms with van der Waals surface area (Å²) in [6, 6.07) is 8.06. The molecule has 3 N–H and O–H groups in total. The Kier molecular flexibility index (Phi) is 5.84. The number of halogens is 2. The van der Waals surface area contributed by atoms with Crippen molar-refractivity contribution in [2.45, 2.75) is 12.5 Å². The van der Waals surface area contributed by atoms with Crippen LogP contribution < -0.4 is 15.4 Å². The van der Waals surface area contributed by atoms with Crippen molar-refractivity contribution in [3.8, 4) is 11.6 Å². The van der Waals surface area contributed by atoms with Crippen LogP contribution in [0.3, 0.4) is 0 Å². The largest absolute Gasteiger partial charge is 0.437 e. The highest BCUT2D eigenvalue weighted by molar-refractivity contribution is 6.36. The molecule has 0 saturated heterocycles. The highest BCUT2D eigenvalue weighted by Gasteiger charge is 2.39. The number of hydrogen-bond acceptors (Lipinski definition) is 7. The van der Waals surface area contributed by atoms with Crippen molar-refractivity contribution < 1.29 is 19.1 Å². The fourth-order valence-corrected chi connectivity index (χ4v) is 4.35. The van der Waals surface area contributed by atoms with E-state index in [1.165, 1.54) is 19.4 Å². The van der Waals surface area contributed by atoms with E-state index >= 15 is 0 Å². The maximum Gasteiger partial charge on any atom is 0.252 e. The molecule has 0 spiro atoms. The van der Waals surface area contributed by atoms with Crippen LogP contribution in [0.1, 0.15) is 22.8 Å². The number of amides is 1. The monoisotopic (exact) mass is 511 g/mol. The second kappa shape index (κ2) is 8.84. The van der Waals surface area contributed by atoms with Crippen molar-refractivity contribution in [2.24, 2.45) is 0 Å². The lowest BCUT2D eigenvalue weighted by Gasteiger charge is -2.35. The Hall–Kier alpha value is -3.66. The molecule has 1 atom stereocenters. The van der Waals surface area contributed by atoms with Crippen LogP contribution in [0, 0.1) is 0 Å². The van der Waals surface area contributed by atoms with Crippen LogP contribution in [-0.4, -0.2) is 45.9 Å². The Labute approximate surface area is 209 Å². The predicted molar refractivity (Wildman–Crippen MR) is 133 cm³/mol. The Morgan fingerprint density at radius 1 is 1.14 bits per heavy atom. The lowest BCUT2D eigenvalue weighted by Crippen LogP contribution is -2.53. The standard InChI is InChI=1S/C24H19Cl2N5O4/c1-24(11-34-2)23(33)30-17-10-29-21-18(19(17)31-24)14(9-28-21)20(32)13-6-5-12(8-16(13)26)35-22-15(25)4-3-7-27-22/h3-10,31H,11H2,1-2H3,(H,28,29)(H,30,33)/t24-/m0/s1. The highest BCUT2D eigenvalue weighted by Crippen LogP contribution is 2.39. The second-order valence-electron chi connectivity index (χ2n) is 8.18. The molecule has 1 aliphatic rings. The minimum atomic E-state index is -1.03. The van der Waals surface area contributed by atoms with Crippen molar-refractivity contribution in [1.82, 2.24) is 15.0 Å². The van der Waals surface area contributed by atoms with Gasteiger partial charge < -0.3 is 25.1 Å². The lowest BCUT2D eigenvalue weighted by atomic mass is 9.96. The molecule has 1 aliphatic heterocycles. The molecule has 0 saturated carbocycles. The van der Waals surface area contributed by atoms with Crippen LogP contribution in [0.2, 0.25) is 10.0 Å². The molecule has 11 heteroatoms. The van der Waals surface area contributed by atoms with Gasteiger partial charge in [0.15, 0.2) is 5.78 Å². The first-order valence-corrected chi connectivity index (χ1v) is 11.3. The van der Waals surface area contributed by atoms with Gasteiger partial charge in [0.05, 0.1) is 40.2 Å². The predicted octanol–water partition coefficient (Wildman–Crippen LogP) is 5.06. The highest BCUT2D eigenvalue weighted by atomic mass is 35.5. The lowest BCUT2D eigenvalue weighted by molar-refractivity contribution is -0.121. The summed E-state index contributed by atoms with van der Waals surface area (Å²) in [6.07, 6.45) is 4.66. The molecule has 35 heavy (non-hydrogen) atoms. The number of hydrogen-bond donors (Lipinski definition) is 3. The molecular formula is C24H19Cl2N5O4. The van der Waals surface area contributed by atoms with Crippen molar-refractivity contribution >= 4 is 57.3 Å². The van der Waals surface area contributed by atoms with E-state index in [2.05, 4.69) is 25.6 Å². The Bertz CT molecular complexity index is 1490. The van der Waals surface area contributed by atoms with Crippen molar-refractivity contribution in [2.75, 3.05) is 24.4 Å². The number of H-pyrrole nitrogens is 1. The molecule has 178 valence electrons. The smallest absolute Gasteiger partial charge is 0.252 e. The van der Waals surface area contributed by atoms with Crippen LogP contribution in [0.15, 0.2) is 48.9 Å². The van der Waals surface area contributed by atoms with Gasteiger partial charge in [0, 0.05) is 31.1 Å². The number of nitrogens with zero attached hydrogens (tertiary/aromatic N) is 2. The third-order valence-electron chi connectivity index (χ3n) is 5.65. The number of rotatable bonds is 6. The van der Waals surface area contributed by atoms with Crippen LogP contribution in [0.4, 0.5) is 11.4 Å². The first-order chi connectivity index (χ1) is 16.8. The van der Waals surface area contributed by atoms with E-state index in [0.29, 0.717) is 38.7 Å². The quantitative estimate of drug-likeness (QED) is 0.309. The van der Waals surface area contributed by atoms with E-state index < -0.39 is 5.54 Å². The first-order valence-electron chi connectivity index (χ1n) is 10.5. The van der Waals surface area contributed by atoms with Gasteiger partial charge in [0.25, 0.3) is 5.91 Å². The normalized spacial score (nSPS) is 17.0. The van der Waals surface area contributed by atoms with E-state index in [-0.39, 0.29) is 34.8 Å². The molecule has 0 fully saturated rings. The summed E-state index contributed by atoms with van der Waals surface area (Å²) in [5, 5.41) is 7.15. The van der Waals surface area contributed by atoms with Crippen molar-refractivity contribution in [3.63, 3.8) is 0 Å². The van der Waals surface area contributed by atoms with Crippen molar-refractivity contribution in [3.05, 3.63) is 70.1 Å². The van der Waals surface area contributed by atoms with Crippen LogP contribution in [0.5, 0.6) is 11.6 Å². The summed E-state index contributed by atoms with van der Waals surface area (Å²) in [5.74, 6) is 0.0183. The number of carbonyl (C=O) groups excluding carboxylic acids is 2. The van der Waals surface area contributed by atoms with Gasteiger partial charge >= 0.3 is 0 Å². The maximum atomic E-state index is 13.6. The number of ketones is 1. The zero-order valence-electron chi connectivity index (χ0n) is 18.6. The van der Waals surface area contributed by atoms with Crippen molar-refractivity contribution in [1.29, 1.82) is 0 Å². The number of carbonyl (C=O) groups is 2. The number of fused-ring (bicyclic) bond motifs is 3. The van der Waals surface area contributed by atoms with E-state index in [4.69, 9.17) is 32.7 Å². The molecule has 4 heterocycles. The molecule has 0 radical (unpaired) electrons. The number of nitrogens with one attached hydrogen (secondary N) is 3. The van der Waals surface area contributed by atoms with E-state index in [1.54, 1.807) is 43.6 Å². The number of benzene rings is 1. The number of ether oxygens (including phenoxy) is 2. The van der Waals surface area contributed by atoms with Gasteiger partial charge in [0.1, 0.15) is 22.0 Å². The maximum absolute atomic E-state index is 13.6. The van der Waals surface area contributed by atoms with E-state index in [9.17, 15) is 9.59 Å². The first kappa shape index (κ1) is 23.1. The summed E-state index contributed by atoms with van der Waals surface area (Å²) in [6.45, 7) is 1.85. The molecule has 4 aromatic rings. The minimum absolute atomic E-state index is 0.128. The SMILES string of the molecule is COC[C@]1(C)Nc2c(cnc3[nH]cc(C(=O)c4ccc(Oc5ncccc5Cl)cc4Cl)c23)NC1=O. The second-order valence-corrected chi connectivity index (χ2v) is 8.99. The van der Waals surface area contributed by atoms with Gasteiger partial charge in [-0.25, -0.2) is 9.97 Å². The van der Waals surface area contributed by atoms with Gasteiger partial charge in [-0.15, -0.1) is 0 Å². The number of pyridine rings is 2. The zero-order chi connectivity index (χ0) is 24.7. The average molecular weight is 512 g/mol. The topological polar surface area (TPSA) is 118 Å². The molecule has 0 unspecified atom stereocenters. The molecule has 0 aliphatic carbocycles. The summed E-state index contributed by atoms with van der Waals surface area (Å²) in [5.41, 5.74) is 1.10. The van der Waals surface area contributed by atoms with Crippen LogP contribution in [-0.2, 0) is 9.53 Å². The fourth-order valence-electron chi connectivity index (χ4n) is 3.93. The summed E-state index contributed by atoms with van der Waals surface area (Å²) in [4.78, 5) is 37.6. The third kappa shape index (κ3) is 4.07. The van der Waals surface area contributed by atoms with Gasteiger partial charge in [-0.2, -0.15) is 0 Å². The summed E-state index contributed by atoms with van der Waals surface area (Å²) >= 11 is 12.6. The van der Waals surface area contributed by atoms with Gasteiger partial charge in [0.2, 0.25) is 5.88 Å². The number of methoxy groups -OCH3 is 1. The molecule has 3 aromatic heterocycles. The Balaban J connectivity index is 1.52. The van der Waals surface area contributed by atoms with Gasteiger partial charge in [-0.1, -0.05) is 23.2 Å². The van der Waals surface area contributed by atoms with Gasteiger partial charge in [-0.05, 0) is 31.2 Å². The minimum Gasteiger partial charge on any atom is -0.437 e. The summed E-state index contributed by atoms with van der Waals surface area (Å²) in [7, 11) is 1.51.